The molecule has 2 heteroatoms. The normalized spacial score (nSPS) is 13.7. The summed E-state index contributed by atoms with van der Waals surface area (Å²) >= 11 is 0. The molecular weight excluding hydrogens is 258 g/mol. The van der Waals surface area contributed by atoms with Crippen LogP contribution in [0.5, 0.6) is 5.75 Å². The van der Waals surface area contributed by atoms with Crippen molar-refractivity contribution in [3.05, 3.63) is 65.7 Å². The molecule has 2 nitrogen and oxygen atoms in total. The van der Waals surface area contributed by atoms with E-state index in [2.05, 4.69) is 67.7 Å². The molecule has 0 amide bonds. The van der Waals surface area contributed by atoms with Gasteiger partial charge in [0.1, 0.15) is 5.75 Å². The van der Waals surface area contributed by atoms with Crippen molar-refractivity contribution in [2.24, 2.45) is 5.92 Å². The first kappa shape index (κ1) is 15.6. The zero-order valence-electron chi connectivity index (χ0n) is 13.2. The van der Waals surface area contributed by atoms with Crippen LogP contribution in [0.1, 0.15) is 31.0 Å². The van der Waals surface area contributed by atoms with E-state index in [4.69, 9.17) is 4.74 Å². The van der Waals surface area contributed by atoms with Gasteiger partial charge in [-0.05, 0) is 42.1 Å². The minimum atomic E-state index is 0.377. The Hall–Kier alpha value is -1.80. The Balaban J connectivity index is 2.13. The maximum atomic E-state index is 5.31. The molecule has 2 aromatic rings. The monoisotopic (exact) mass is 283 g/mol. The van der Waals surface area contributed by atoms with Crippen LogP contribution in [-0.4, -0.2) is 13.7 Å². The summed E-state index contributed by atoms with van der Waals surface area (Å²) in [5.74, 6) is 1.44. The van der Waals surface area contributed by atoms with Crippen LogP contribution < -0.4 is 10.1 Å². The van der Waals surface area contributed by atoms with E-state index in [1.54, 1.807) is 7.11 Å². The van der Waals surface area contributed by atoms with Crippen molar-refractivity contribution in [2.45, 2.75) is 26.3 Å². The molecule has 21 heavy (non-hydrogen) atoms. The minimum absolute atomic E-state index is 0.377. The molecule has 0 aromatic heterocycles. The van der Waals surface area contributed by atoms with E-state index in [9.17, 15) is 0 Å². The van der Waals surface area contributed by atoms with Crippen LogP contribution in [0, 0.1) is 5.92 Å². The van der Waals surface area contributed by atoms with Crippen LogP contribution >= 0.6 is 0 Å². The molecule has 0 saturated heterocycles. The molecule has 0 spiro atoms. The first-order chi connectivity index (χ1) is 10.2. The van der Waals surface area contributed by atoms with Gasteiger partial charge in [0, 0.05) is 6.04 Å². The second kappa shape index (κ2) is 7.84. The van der Waals surface area contributed by atoms with Gasteiger partial charge in [-0.15, -0.1) is 0 Å². The summed E-state index contributed by atoms with van der Waals surface area (Å²) in [5, 5.41) is 3.62. The molecule has 2 unspecified atom stereocenters. The van der Waals surface area contributed by atoms with E-state index >= 15 is 0 Å². The predicted molar refractivity (Wildman–Crippen MR) is 88.7 cm³/mol. The van der Waals surface area contributed by atoms with Crippen molar-refractivity contribution >= 4 is 0 Å². The molecule has 2 aromatic carbocycles. The Morgan fingerprint density at radius 2 is 1.81 bits per heavy atom. The summed E-state index contributed by atoms with van der Waals surface area (Å²) < 4.78 is 5.31. The molecule has 2 atom stereocenters. The van der Waals surface area contributed by atoms with Crippen LogP contribution in [-0.2, 0) is 6.42 Å². The largest absolute Gasteiger partial charge is 0.497 e. The molecule has 0 saturated carbocycles. The molecule has 0 aliphatic carbocycles. The zero-order valence-corrected chi connectivity index (χ0v) is 13.2. The lowest BCUT2D eigenvalue weighted by molar-refractivity contribution is 0.389. The summed E-state index contributed by atoms with van der Waals surface area (Å²) in [6, 6.07) is 19.4. The summed E-state index contributed by atoms with van der Waals surface area (Å²) in [6.45, 7) is 5.44. The molecule has 0 aliphatic rings. The number of ether oxygens (including phenoxy) is 1. The number of hydrogen-bond donors (Lipinski definition) is 1. The van der Waals surface area contributed by atoms with Gasteiger partial charge >= 0.3 is 0 Å². The summed E-state index contributed by atoms with van der Waals surface area (Å²) in [5.41, 5.74) is 2.68. The van der Waals surface area contributed by atoms with Gasteiger partial charge in [-0.3, -0.25) is 0 Å². The Morgan fingerprint density at radius 3 is 2.48 bits per heavy atom. The second-order valence-electron chi connectivity index (χ2n) is 5.48. The first-order valence-corrected chi connectivity index (χ1v) is 7.65. The maximum absolute atomic E-state index is 5.31. The Labute approximate surface area is 128 Å². The van der Waals surface area contributed by atoms with Crippen molar-refractivity contribution in [3.63, 3.8) is 0 Å². The van der Waals surface area contributed by atoms with Crippen LogP contribution in [0.15, 0.2) is 54.6 Å². The van der Waals surface area contributed by atoms with Gasteiger partial charge in [0.15, 0.2) is 0 Å². The van der Waals surface area contributed by atoms with Crippen molar-refractivity contribution in [1.82, 2.24) is 5.32 Å². The number of benzene rings is 2. The van der Waals surface area contributed by atoms with Crippen molar-refractivity contribution in [3.8, 4) is 5.75 Å². The molecule has 112 valence electrons. The summed E-state index contributed by atoms with van der Waals surface area (Å²) in [4.78, 5) is 0. The van der Waals surface area contributed by atoms with Crippen molar-refractivity contribution < 1.29 is 4.74 Å². The SMILES string of the molecule is CCNC(c1ccccc1)C(C)Cc1cccc(OC)c1. The van der Waals surface area contributed by atoms with E-state index in [0.717, 1.165) is 18.7 Å². The van der Waals surface area contributed by atoms with Gasteiger partial charge in [-0.2, -0.15) is 0 Å². The van der Waals surface area contributed by atoms with Gasteiger partial charge in [0.2, 0.25) is 0 Å². The zero-order chi connectivity index (χ0) is 15.1. The van der Waals surface area contributed by atoms with Crippen molar-refractivity contribution in [1.29, 1.82) is 0 Å². The van der Waals surface area contributed by atoms with Crippen LogP contribution in [0.4, 0.5) is 0 Å². The average Bonchev–Trinajstić information content (AvgIpc) is 2.53. The van der Waals surface area contributed by atoms with Crippen LogP contribution in [0.3, 0.4) is 0 Å². The summed E-state index contributed by atoms with van der Waals surface area (Å²) in [6.07, 6.45) is 1.03. The van der Waals surface area contributed by atoms with Gasteiger partial charge < -0.3 is 10.1 Å². The van der Waals surface area contributed by atoms with E-state index in [0.29, 0.717) is 12.0 Å². The van der Waals surface area contributed by atoms with E-state index in [1.165, 1.54) is 11.1 Å². The topological polar surface area (TPSA) is 21.3 Å². The Bertz CT molecular complexity index is 538. The third-order valence-electron chi connectivity index (χ3n) is 3.84. The molecule has 0 aliphatic heterocycles. The Morgan fingerprint density at radius 1 is 1.05 bits per heavy atom. The van der Waals surface area contributed by atoms with Crippen LogP contribution in [0.2, 0.25) is 0 Å². The maximum Gasteiger partial charge on any atom is 0.119 e. The Kier molecular flexibility index (Phi) is 5.82. The predicted octanol–water partition coefficient (Wildman–Crippen LogP) is 4.22. The fraction of sp³-hybridized carbons (Fsp3) is 0.368. The average molecular weight is 283 g/mol. The van der Waals surface area contributed by atoms with Crippen LogP contribution in [0.25, 0.3) is 0 Å². The fourth-order valence-electron chi connectivity index (χ4n) is 2.82. The number of rotatable bonds is 7. The van der Waals surface area contributed by atoms with Gasteiger partial charge in [-0.1, -0.05) is 56.3 Å². The number of hydrogen-bond acceptors (Lipinski definition) is 2. The molecule has 1 N–H and O–H groups in total. The van der Waals surface area contributed by atoms with Crippen molar-refractivity contribution in [2.75, 3.05) is 13.7 Å². The highest BCUT2D eigenvalue weighted by Crippen LogP contribution is 2.26. The molecule has 0 heterocycles. The molecule has 0 radical (unpaired) electrons. The quantitative estimate of drug-likeness (QED) is 0.821. The van der Waals surface area contributed by atoms with Gasteiger partial charge in [0.25, 0.3) is 0 Å². The third kappa shape index (κ3) is 4.33. The van der Waals surface area contributed by atoms with E-state index in [-0.39, 0.29) is 0 Å². The third-order valence-corrected chi connectivity index (χ3v) is 3.84. The highest BCUT2D eigenvalue weighted by Gasteiger charge is 2.18. The van der Waals surface area contributed by atoms with Gasteiger partial charge in [0.05, 0.1) is 7.11 Å². The first-order valence-electron chi connectivity index (χ1n) is 7.65. The molecular formula is C19H25NO. The minimum Gasteiger partial charge on any atom is -0.497 e. The summed E-state index contributed by atoms with van der Waals surface area (Å²) in [7, 11) is 1.72. The lowest BCUT2D eigenvalue weighted by Crippen LogP contribution is -2.28. The smallest absolute Gasteiger partial charge is 0.119 e. The molecule has 2 rings (SSSR count). The molecule has 0 bridgehead atoms. The lowest BCUT2D eigenvalue weighted by Gasteiger charge is -2.25. The van der Waals surface area contributed by atoms with E-state index in [1.807, 2.05) is 6.07 Å². The lowest BCUT2D eigenvalue weighted by atomic mass is 9.89. The van der Waals surface area contributed by atoms with Gasteiger partial charge in [-0.25, -0.2) is 0 Å². The fourth-order valence-corrected chi connectivity index (χ4v) is 2.82. The standard InChI is InChI=1S/C19H25NO/c1-4-20-19(17-10-6-5-7-11-17)15(2)13-16-9-8-12-18(14-16)21-3/h5-12,14-15,19-20H,4,13H2,1-3H3. The number of methoxy groups -OCH3 is 1. The highest BCUT2D eigenvalue weighted by molar-refractivity contribution is 5.29. The molecule has 0 fully saturated rings. The van der Waals surface area contributed by atoms with E-state index < -0.39 is 0 Å². The number of nitrogens with one attached hydrogen (secondary N) is 1. The highest BCUT2D eigenvalue weighted by atomic mass is 16.5. The second-order valence-corrected chi connectivity index (χ2v) is 5.48.